The molecule has 2 unspecified atom stereocenters. The molecular weight excluding hydrogens is 250 g/mol. The molecule has 0 spiro atoms. The SMILES string of the molecule is CNC(c1c(C)cc(C)cc1OC)C(OC)C(C)(C)C. The lowest BCUT2D eigenvalue weighted by molar-refractivity contribution is -0.0108. The summed E-state index contributed by atoms with van der Waals surface area (Å²) in [4.78, 5) is 0. The van der Waals surface area contributed by atoms with Gasteiger partial charge in [-0.1, -0.05) is 26.8 Å². The van der Waals surface area contributed by atoms with Crippen LogP contribution in [-0.4, -0.2) is 27.4 Å². The van der Waals surface area contributed by atoms with Gasteiger partial charge >= 0.3 is 0 Å². The van der Waals surface area contributed by atoms with Gasteiger partial charge in [-0.2, -0.15) is 0 Å². The Kier molecular flexibility index (Phi) is 5.60. The molecule has 114 valence electrons. The van der Waals surface area contributed by atoms with E-state index >= 15 is 0 Å². The Morgan fingerprint density at radius 2 is 1.70 bits per heavy atom. The lowest BCUT2D eigenvalue weighted by Gasteiger charge is -2.37. The van der Waals surface area contributed by atoms with Crippen LogP contribution in [0.1, 0.15) is 43.5 Å². The highest BCUT2D eigenvalue weighted by atomic mass is 16.5. The fraction of sp³-hybridized carbons (Fsp3) is 0.647. The van der Waals surface area contributed by atoms with Crippen molar-refractivity contribution in [3.63, 3.8) is 0 Å². The zero-order chi connectivity index (χ0) is 15.5. The molecule has 0 aliphatic rings. The molecule has 0 amide bonds. The lowest BCUT2D eigenvalue weighted by Crippen LogP contribution is -2.40. The summed E-state index contributed by atoms with van der Waals surface area (Å²) in [5, 5.41) is 3.41. The lowest BCUT2D eigenvalue weighted by atomic mass is 9.80. The summed E-state index contributed by atoms with van der Waals surface area (Å²) in [5.41, 5.74) is 3.66. The maximum absolute atomic E-state index is 5.79. The molecule has 0 heterocycles. The number of rotatable bonds is 5. The molecule has 0 saturated heterocycles. The molecule has 0 radical (unpaired) electrons. The van der Waals surface area contributed by atoms with E-state index in [-0.39, 0.29) is 17.6 Å². The van der Waals surface area contributed by atoms with Crippen LogP contribution in [-0.2, 0) is 4.74 Å². The van der Waals surface area contributed by atoms with Crippen molar-refractivity contribution in [3.05, 3.63) is 28.8 Å². The van der Waals surface area contributed by atoms with Gasteiger partial charge in [-0.05, 0) is 43.5 Å². The van der Waals surface area contributed by atoms with Crippen LogP contribution >= 0.6 is 0 Å². The first-order chi connectivity index (χ1) is 9.26. The molecule has 2 atom stereocenters. The maximum Gasteiger partial charge on any atom is 0.124 e. The molecule has 0 aliphatic carbocycles. The minimum Gasteiger partial charge on any atom is -0.496 e. The van der Waals surface area contributed by atoms with Crippen molar-refractivity contribution in [1.29, 1.82) is 0 Å². The van der Waals surface area contributed by atoms with Crippen molar-refractivity contribution in [3.8, 4) is 5.75 Å². The van der Waals surface area contributed by atoms with Gasteiger partial charge in [0.15, 0.2) is 0 Å². The van der Waals surface area contributed by atoms with Crippen LogP contribution in [0, 0.1) is 19.3 Å². The normalized spacial score (nSPS) is 15.0. The predicted octanol–water partition coefficient (Wildman–Crippen LogP) is 3.63. The van der Waals surface area contributed by atoms with E-state index in [1.54, 1.807) is 14.2 Å². The van der Waals surface area contributed by atoms with E-state index < -0.39 is 0 Å². The van der Waals surface area contributed by atoms with Crippen LogP contribution in [0.4, 0.5) is 0 Å². The van der Waals surface area contributed by atoms with Crippen LogP contribution in [0.25, 0.3) is 0 Å². The van der Waals surface area contributed by atoms with E-state index in [9.17, 15) is 0 Å². The molecular formula is C17H29NO2. The van der Waals surface area contributed by atoms with Crippen LogP contribution in [0.5, 0.6) is 5.75 Å². The third-order valence-electron chi connectivity index (χ3n) is 3.75. The average molecular weight is 279 g/mol. The molecule has 0 bridgehead atoms. The fourth-order valence-electron chi connectivity index (χ4n) is 2.94. The second-order valence-corrected chi connectivity index (χ2v) is 6.49. The molecule has 20 heavy (non-hydrogen) atoms. The quantitative estimate of drug-likeness (QED) is 0.892. The van der Waals surface area contributed by atoms with Crippen LogP contribution < -0.4 is 10.1 Å². The highest BCUT2D eigenvalue weighted by molar-refractivity contribution is 5.45. The molecule has 0 aliphatic heterocycles. The number of methoxy groups -OCH3 is 2. The molecule has 0 fully saturated rings. The molecule has 3 heteroatoms. The summed E-state index contributed by atoms with van der Waals surface area (Å²) < 4.78 is 11.4. The predicted molar refractivity (Wildman–Crippen MR) is 84.5 cm³/mol. The summed E-state index contributed by atoms with van der Waals surface area (Å²) in [7, 11) is 5.47. The fourth-order valence-corrected chi connectivity index (χ4v) is 2.94. The first kappa shape index (κ1) is 17.0. The van der Waals surface area contributed by atoms with Crippen molar-refractivity contribution in [2.24, 2.45) is 5.41 Å². The molecule has 0 saturated carbocycles. The van der Waals surface area contributed by atoms with Gasteiger partial charge in [0.2, 0.25) is 0 Å². The maximum atomic E-state index is 5.79. The second kappa shape index (κ2) is 6.59. The summed E-state index contributed by atoms with van der Waals surface area (Å²) in [5.74, 6) is 0.924. The van der Waals surface area contributed by atoms with E-state index in [1.165, 1.54) is 16.7 Å². The standard InChI is InChI=1S/C17H29NO2/c1-11-9-12(2)14(13(10-11)19-7)15(18-6)16(20-8)17(3,4)5/h9-10,15-16,18H,1-8H3. The molecule has 1 aromatic carbocycles. The van der Waals surface area contributed by atoms with Crippen molar-refractivity contribution >= 4 is 0 Å². The van der Waals surface area contributed by atoms with E-state index in [1.807, 2.05) is 7.05 Å². The van der Waals surface area contributed by atoms with Gasteiger partial charge in [0, 0.05) is 12.7 Å². The van der Waals surface area contributed by atoms with Crippen molar-refractivity contribution < 1.29 is 9.47 Å². The van der Waals surface area contributed by atoms with Gasteiger partial charge in [0.25, 0.3) is 0 Å². The number of hydrogen-bond donors (Lipinski definition) is 1. The first-order valence-corrected chi connectivity index (χ1v) is 7.11. The second-order valence-electron chi connectivity index (χ2n) is 6.49. The molecule has 1 rings (SSSR count). The minimum atomic E-state index is 0.0325. The Bertz CT molecular complexity index is 449. The number of aryl methyl sites for hydroxylation is 2. The van der Waals surface area contributed by atoms with Crippen molar-refractivity contribution in [2.75, 3.05) is 21.3 Å². The number of likely N-dealkylation sites (N-methyl/N-ethyl adjacent to an activating group) is 1. The van der Waals surface area contributed by atoms with Gasteiger partial charge in [-0.3, -0.25) is 0 Å². The number of nitrogens with one attached hydrogen (secondary N) is 1. The van der Waals surface area contributed by atoms with Gasteiger partial charge in [-0.25, -0.2) is 0 Å². The van der Waals surface area contributed by atoms with E-state index in [0.717, 1.165) is 5.75 Å². The summed E-state index contributed by atoms with van der Waals surface area (Å²) in [6, 6.07) is 4.37. The highest BCUT2D eigenvalue weighted by Crippen LogP contribution is 2.38. The number of hydrogen-bond acceptors (Lipinski definition) is 3. The average Bonchev–Trinajstić information content (AvgIpc) is 2.34. The summed E-state index contributed by atoms with van der Waals surface area (Å²) >= 11 is 0. The molecule has 1 N–H and O–H groups in total. The smallest absolute Gasteiger partial charge is 0.124 e. The molecule has 3 nitrogen and oxygen atoms in total. The van der Waals surface area contributed by atoms with E-state index in [2.05, 4.69) is 52.1 Å². The third-order valence-corrected chi connectivity index (χ3v) is 3.75. The topological polar surface area (TPSA) is 30.5 Å². The zero-order valence-corrected chi connectivity index (χ0v) is 14.1. The Balaban J connectivity index is 3.38. The monoisotopic (exact) mass is 279 g/mol. The number of ether oxygens (including phenoxy) is 2. The van der Waals surface area contributed by atoms with Gasteiger partial charge in [0.05, 0.1) is 19.3 Å². The van der Waals surface area contributed by atoms with E-state index in [0.29, 0.717) is 0 Å². The first-order valence-electron chi connectivity index (χ1n) is 7.11. The van der Waals surface area contributed by atoms with Crippen LogP contribution in [0.15, 0.2) is 12.1 Å². The Morgan fingerprint density at radius 1 is 1.10 bits per heavy atom. The van der Waals surface area contributed by atoms with Crippen LogP contribution in [0.2, 0.25) is 0 Å². The third kappa shape index (κ3) is 3.53. The largest absolute Gasteiger partial charge is 0.496 e. The zero-order valence-electron chi connectivity index (χ0n) is 14.1. The number of benzene rings is 1. The minimum absolute atomic E-state index is 0.0325. The molecule has 1 aromatic rings. The Hall–Kier alpha value is -1.06. The van der Waals surface area contributed by atoms with Crippen molar-refractivity contribution in [1.82, 2.24) is 5.32 Å². The molecule has 0 aromatic heterocycles. The van der Waals surface area contributed by atoms with E-state index in [4.69, 9.17) is 9.47 Å². The summed E-state index contributed by atoms with van der Waals surface area (Å²) in [6.07, 6.45) is 0.0582. The van der Waals surface area contributed by atoms with Gasteiger partial charge in [0.1, 0.15) is 5.75 Å². The van der Waals surface area contributed by atoms with Crippen molar-refractivity contribution in [2.45, 2.75) is 46.8 Å². The summed E-state index contributed by atoms with van der Waals surface area (Å²) in [6.45, 7) is 10.8. The van der Waals surface area contributed by atoms with Gasteiger partial charge in [-0.15, -0.1) is 0 Å². The highest BCUT2D eigenvalue weighted by Gasteiger charge is 2.34. The van der Waals surface area contributed by atoms with Gasteiger partial charge < -0.3 is 14.8 Å². The van der Waals surface area contributed by atoms with Crippen LogP contribution in [0.3, 0.4) is 0 Å². The Labute approximate surface area is 123 Å². The Morgan fingerprint density at radius 3 is 2.10 bits per heavy atom.